The number of thiazole rings is 1. The van der Waals surface area contributed by atoms with E-state index in [1.165, 1.54) is 11.3 Å². The van der Waals surface area contributed by atoms with Crippen LogP contribution in [0.1, 0.15) is 18.4 Å². The first-order valence-corrected chi connectivity index (χ1v) is 9.85. The number of methoxy groups -OCH3 is 1. The second-order valence-corrected chi connectivity index (χ2v) is 7.77. The highest BCUT2D eigenvalue weighted by Crippen LogP contribution is 2.40. The van der Waals surface area contributed by atoms with E-state index in [0.29, 0.717) is 0 Å². The van der Waals surface area contributed by atoms with Gasteiger partial charge in [0.05, 0.1) is 19.4 Å². The number of carbonyl (C=O) groups excluding carboxylic acids is 1. The second kappa shape index (κ2) is 7.46. The summed E-state index contributed by atoms with van der Waals surface area (Å²) in [5.74, 6) is 0.661. The third kappa shape index (κ3) is 3.92. The maximum Gasteiger partial charge on any atom is 0.256 e. The van der Waals surface area contributed by atoms with Crippen molar-refractivity contribution in [1.29, 1.82) is 0 Å². The molecule has 1 saturated carbocycles. The molecule has 2 heterocycles. The summed E-state index contributed by atoms with van der Waals surface area (Å²) in [5, 5.41) is 4.62. The van der Waals surface area contributed by atoms with Gasteiger partial charge in [-0.2, -0.15) is 0 Å². The Labute approximate surface area is 162 Å². The van der Waals surface area contributed by atoms with Gasteiger partial charge in [-0.05, 0) is 43.5 Å². The number of rotatable bonds is 6. The number of hydrogen-bond donors (Lipinski definition) is 1. The van der Waals surface area contributed by atoms with Crippen LogP contribution in [0.2, 0.25) is 0 Å². The molecule has 2 fully saturated rings. The van der Waals surface area contributed by atoms with Gasteiger partial charge < -0.3 is 24.4 Å². The maximum atomic E-state index is 12.3. The minimum Gasteiger partial charge on any atom is -0.445 e. The topological polar surface area (TPSA) is 72.9 Å². The molecule has 27 heavy (non-hydrogen) atoms. The molecule has 2 aromatic rings. The third-order valence-corrected chi connectivity index (χ3v) is 5.84. The standard InChI is InChI=1S/C19H23N3O4S/c1-13-11-14(21-17(23)19(24-2)5-6-19)3-4-15(13)26-16-12-20-18(27-16)22-7-9-25-10-8-22/h3-4,11-12H,5-10H2,1-2H3,(H,21,23). The van der Waals surface area contributed by atoms with E-state index in [2.05, 4.69) is 15.2 Å². The van der Waals surface area contributed by atoms with Crippen molar-refractivity contribution in [1.82, 2.24) is 4.98 Å². The van der Waals surface area contributed by atoms with E-state index in [4.69, 9.17) is 14.2 Å². The monoisotopic (exact) mass is 389 g/mol. The molecule has 0 atom stereocenters. The number of benzene rings is 1. The Morgan fingerprint density at radius 3 is 2.78 bits per heavy atom. The molecule has 0 spiro atoms. The van der Waals surface area contributed by atoms with Gasteiger partial charge in [0.15, 0.2) is 5.13 Å². The molecule has 0 unspecified atom stereocenters. The lowest BCUT2D eigenvalue weighted by atomic mass is 10.2. The Kier molecular flexibility index (Phi) is 5.03. The predicted octanol–water partition coefficient (Wildman–Crippen LogP) is 3.20. The van der Waals surface area contributed by atoms with Gasteiger partial charge in [0, 0.05) is 25.9 Å². The maximum absolute atomic E-state index is 12.3. The zero-order valence-electron chi connectivity index (χ0n) is 15.5. The molecule has 1 N–H and O–H groups in total. The molecule has 1 aromatic carbocycles. The van der Waals surface area contributed by atoms with Crippen LogP contribution >= 0.6 is 11.3 Å². The van der Waals surface area contributed by atoms with Crippen LogP contribution < -0.4 is 15.0 Å². The smallest absolute Gasteiger partial charge is 0.256 e. The molecule has 0 radical (unpaired) electrons. The van der Waals surface area contributed by atoms with Crippen LogP contribution in [0.5, 0.6) is 10.8 Å². The SMILES string of the molecule is COC1(C(=O)Nc2ccc(Oc3cnc(N4CCOCC4)s3)c(C)c2)CC1. The Hall–Kier alpha value is -2.16. The summed E-state index contributed by atoms with van der Waals surface area (Å²) >= 11 is 1.52. The van der Waals surface area contributed by atoms with Gasteiger partial charge in [0.25, 0.3) is 5.91 Å². The zero-order valence-corrected chi connectivity index (χ0v) is 16.3. The molecular formula is C19H23N3O4S. The lowest BCUT2D eigenvalue weighted by Gasteiger charge is -2.25. The van der Waals surface area contributed by atoms with Crippen LogP contribution in [-0.2, 0) is 14.3 Å². The first kappa shape index (κ1) is 18.2. The van der Waals surface area contributed by atoms with Crippen molar-refractivity contribution in [2.24, 2.45) is 0 Å². The number of nitrogens with zero attached hydrogens (tertiary/aromatic N) is 2. The fourth-order valence-electron chi connectivity index (χ4n) is 3.03. The van der Waals surface area contributed by atoms with Crippen LogP contribution in [0.15, 0.2) is 24.4 Å². The van der Waals surface area contributed by atoms with Gasteiger partial charge in [0.1, 0.15) is 11.4 Å². The van der Waals surface area contributed by atoms with Crippen molar-refractivity contribution >= 4 is 28.1 Å². The van der Waals surface area contributed by atoms with Crippen LogP contribution in [-0.4, -0.2) is 49.9 Å². The molecule has 2 aliphatic rings. The van der Waals surface area contributed by atoms with Crippen LogP contribution in [0.3, 0.4) is 0 Å². The highest BCUT2D eigenvalue weighted by atomic mass is 32.1. The molecule has 1 aliphatic carbocycles. The largest absolute Gasteiger partial charge is 0.445 e. The van der Waals surface area contributed by atoms with E-state index in [0.717, 1.165) is 66.3 Å². The third-order valence-electron chi connectivity index (χ3n) is 4.91. The molecule has 144 valence electrons. The molecular weight excluding hydrogens is 366 g/mol. The fraction of sp³-hybridized carbons (Fsp3) is 0.474. The van der Waals surface area contributed by atoms with Crippen molar-refractivity contribution in [3.63, 3.8) is 0 Å². The lowest BCUT2D eigenvalue weighted by Crippen LogP contribution is -2.36. The Morgan fingerprint density at radius 2 is 2.11 bits per heavy atom. The number of carbonyl (C=O) groups is 1. The number of anilines is 2. The van der Waals surface area contributed by atoms with Crippen molar-refractivity contribution in [2.75, 3.05) is 43.6 Å². The normalized spacial score (nSPS) is 18.2. The summed E-state index contributed by atoms with van der Waals surface area (Å²) in [4.78, 5) is 18.9. The molecule has 8 heteroatoms. The molecule has 0 bridgehead atoms. The van der Waals surface area contributed by atoms with Crippen LogP contribution in [0, 0.1) is 6.92 Å². The van der Waals surface area contributed by atoms with Gasteiger partial charge in [-0.15, -0.1) is 0 Å². The average molecular weight is 389 g/mol. The Morgan fingerprint density at radius 1 is 1.33 bits per heavy atom. The molecule has 1 amide bonds. The first-order valence-electron chi connectivity index (χ1n) is 9.03. The van der Waals surface area contributed by atoms with Gasteiger partial charge in [0.2, 0.25) is 5.06 Å². The highest BCUT2D eigenvalue weighted by molar-refractivity contribution is 7.17. The van der Waals surface area contributed by atoms with Crippen LogP contribution in [0.25, 0.3) is 0 Å². The minimum absolute atomic E-state index is 0.0873. The van der Waals surface area contributed by atoms with E-state index in [-0.39, 0.29) is 5.91 Å². The van der Waals surface area contributed by atoms with Crippen molar-refractivity contribution in [3.8, 4) is 10.8 Å². The minimum atomic E-state index is -0.637. The van der Waals surface area contributed by atoms with E-state index >= 15 is 0 Å². The van der Waals surface area contributed by atoms with Crippen molar-refractivity contribution in [3.05, 3.63) is 30.0 Å². The van der Waals surface area contributed by atoms with E-state index in [1.54, 1.807) is 13.3 Å². The number of aromatic nitrogens is 1. The van der Waals surface area contributed by atoms with Crippen molar-refractivity contribution < 1.29 is 19.0 Å². The van der Waals surface area contributed by atoms with Gasteiger partial charge >= 0.3 is 0 Å². The Bertz CT molecular complexity index is 828. The molecule has 1 aromatic heterocycles. The van der Waals surface area contributed by atoms with E-state index in [9.17, 15) is 4.79 Å². The summed E-state index contributed by atoms with van der Waals surface area (Å²) in [6, 6.07) is 5.62. The first-order chi connectivity index (χ1) is 13.1. The van der Waals surface area contributed by atoms with E-state index in [1.807, 2.05) is 25.1 Å². The summed E-state index contributed by atoms with van der Waals surface area (Å²) in [7, 11) is 1.58. The number of hydrogen-bond acceptors (Lipinski definition) is 7. The van der Waals surface area contributed by atoms with Gasteiger partial charge in [-0.1, -0.05) is 11.3 Å². The number of aryl methyl sites for hydroxylation is 1. The highest BCUT2D eigenvalue weighted by Gasteiger charge is 2.50. The summed E-state index contributed by atoms with van der Waals surface area (Å²) in [6.45, 7) is 5.11. The van der Waals surface area contributed by atoms with E-state index < -0.39 is 5.60 Å². The number of amides is 1. The average Bonchev–Trinajstić information content (AvgIpc) is 3.36. The van der Waals surface area contributed by atoms with Crippen molar-refractivity contribution in [2.45, 2.75) is 25.4 Å². The number of ether oxygens (including phenoxy) is 3. The van der Waals surface area contributed by atoms with Crippen LogP contribution in [0.4, 0.5) is 10.8 Å². The summed E-state index contributed by atoms with van der Waals surface area (Å²) < 4.78 is 16.7. The predicted molar refractivity (Wildman–Crippen MR) is 104 cm³/mol. The quantitative estimate of drug-likeness (QED) is 0.818. The molecule has 4 rings (SSSR count). The fourth-order valence-corrected chi connectivity index (χ4v) is 3.86. The molecule has 1 aliphatic heterocycles. The zero-order chi connectivity index (χ0) is 18.9. The Balaban J connectivity index is 1.41. The van der Waals surface area contributed by atoms with Gasteiger partial charge in [-0.25, -0.2) is 4.98 Å². The number of morpholine rings is 1. The summed E-state index contributed by atoms with van der Waals surface area (Å²) in [6.07, 6.45) is 3.29. The summed E-state index contributed by atoms with van der Waals surface area (Å²) in [5.41, 5.74) is 1.05. The van der Waals surface area contributed by atoms with Gasteiger partial charge in [-0.3, -0.25) is 4.79 Å². The lowest BCUT2D eigenvalue weighted by molar-refractivity contribution is -0.128. The molecule has 1 saturated heterocycles. The second-order valence-electron chi connectivity index (χ2n) is 6.80. The molecule has 7 nitrogen and oxygen atoms in total. The number of nitrogens with one attached hydrogen (secondary N) is 1.